The largest absolute Gasteiger partial charge is 0.391 e. The number of hydrogen-bond acceptors (Lipinski definition) is 4. The number of H-pyrrole nitrogens is 1. The summed E-state index contributed by atoms with van der Waals surface area (Å²) in [5.41, 5.74) is 0. The number of nitrogens with zero attached hydrogens (tertiary/aromatic N) is 3. The summed E-state index contributed by atoms with van der Waals surface area (Å²) in [7, 11) is 0. The van der Waals surface area contributed by atoms with Crippen LogP contribution in [0.1, 0.15) is 36.3 Å². The summed E-state index contributed by atoms with van der Waals surface area (Å²) in [5.74, 6) is -2.11. The fourth-order valence-electron chi connectivity index (χ4n) is 2.13. The number of tetrazole rings is 1. The van der Waals surface area contributed by atoms with Gasteiger partial charge in [0.1, 0.15) is 0 Å². The fraction of sp³-hybridized carbons (Fsp3) is 0.778. The van der Waals surface area contributed by atoms with Crippen molar-refractivity contribution < 1.29 is 18.0 Å². The van der Waals surface area contributed by atoms with Gasteiger partial charge < -0.3 is 5.32 Å². The Labute approximate surface area is 100 Å². The van der Waals surface area contributed by atoms with E-state index in [9.17, 15) is 18.0 Å². The molecule has 1 aromatic rings. The standard InChI is InChI=1S/C9H12F3N5O/c10-9(11,12)5-2-1-3-6(4-5)13-8(18)7-14-16-17-15-7/h5-6H,1-4H2,(H,13,18)(H,14,15,16,17). The summed E-state index contributed by atoms with van der Waals surface area (Å²) >= 11 is 0. The minimum absolute atomic E-state index is 0.0902. The first kappa shape index (κ1) is 12.8. The number of halogens is 3. The van der Waals surface area contributed by atoms with Crippen molar-refractivity contribution in [2.75, 3.05) is 0 Å². The highest BCUT2D eigenvalue weighted by molar-refractivity contribution is 5.90. The Morgan fingerprint density at radius 3 is 2.78 bits per heavy atom. The fourth-order valence-corrected chi connectivity index (χ4v) is 2.13. The molecule has 6 nitrogen and oxygen atoms in total. The van der Waals surface area contributed by atoms with Crippen molar-refractivity contribution in [2.24, 2.45) is 5.92 Å². The van der Waals surface area contributed by atoms with Crippen LogP contribution in [0, 0.1) is 5.92 Å². The molecule has 0 radical (unpaired) electrons. The number of carbonyl (C=O) groups excluding carboxylic acids is 1. The Kier molecular flexibility index (Phi) is 3.48. The summed E-state index contributed by atoms with van der Waals surface area (Å²) in [5, 5.41) is 14.8. The van der Waals surface area contributed by atoms with Crippen LogP contribution in [-0.4, -0.2) is 38.7 Å². The average molecular weight is 263 g/mol. The molecule has 0 aromatic carbocycles. The molecule has 2 rings (SSSR count). The third-order valence-corrected chi connectivity index (χ3v) is 3.02. The molecule has 1 aliphatic carbocycles. The summed E-state index contributed by atoms with van der Waals surface area (Å²) in [6, 6.07) is -0.489. The normalized spacial score (nSPS) is 24.8. The van der Waals surface area contributed by atoms with Crippen molar-refractivity contribution in [1.29, 1.82) is 0 Å². The van der Waals surface area contributed by atoms with E-state index in [1.165, 1.54) is 0 Å². The molecular formula is C9H12F3N5O. The molecule has 1 heterocycles. The summed E-state index contributed by atoms with van der Waals surface area (Å²) in [4.78, 5) is 11.6. The van der Waals surface area contributed by atoms with Gasteiger partial charge in [-0.2, -0.15) is 18.4 Å². The maximum absolute atomic E-state index is 12.6. The van der Waals surface area contributed by atoms with E-state index in [0.29, 0.717) is 12.8 Å². The number of carbonyl (C=O) groups is 1. The number of nitrogens with one attached hydrogen (secondary N) is 2. The minimum Gasteiger partial charge on any atom is -0.346 e. The number of rotatable bonds is 2. The monoisotopic (exact) mass is 263 g/mol. The predicted molar refractivity (Wildman–Crippen MR) is 53.4 cm³/mol. The number of aromatic amines is 1. The molecule has 2 N–H and O–H groups in total. The molecule has 0 spiro atoms. The van der Waals surface area contributed by atoms with E-state index >= 15 is 0 Å². The van der Waals surface area contributed by atoms with Crippen LogP contribution in [0.15, 0.2) is 0 Å². The lowest BCUT2D eigenvalue weighted by Gasteiger charge is -2.30. The van der Waals surface area contributed by atoms with Gasteiger partial charge in [0.25, 0.3) is 11.7 Å². The SMILES string of the molecule is O=C(NC1CCCC(C(F)(F)F)C1)c1nn[nH]n1. The second-order valence-electron chi connectivity index (χ2n) is 4.31. The molecule has 1 aliphatic rings. The zero-order valence-electron chi connectivity index (χ0n) is 9.37. The number of hydrogen-bond donors (Lipinski definition) is 2. The Balaban J connectivity index is 1.92. The number of alkyl halides is 3. The van der Waals surface area contributed by atoms with Gasteiger partial charge in [0, 0.05) is 6.04 Å². The lowest BCUT2D eigenvalue weighted by molar-refractivity contribution is -0.183. The van der Waals surface area contributed by atoms with E-state index in [2.05, 4.69) is 25.9 Å². The number of amides is 1. The van der Waals surface area contributed by atoms with Gasteiger partial charge in [0.15, 0.2) is 0 Å². The Hall–Kier alpha value is -1.67. The van der Waals surface area contributed by atoms with E-state index in [1.807, 2.05) is 0 Å². The van der Waals surface area contributed by atoms with Gasteiger partial charge in [-0.3, -0.25) is 4.79 Å². The molecule has 1 saturated carbocycles. The van der Waals surface area contributed by atoms with Crippen LogP contribution in [-0.2, 0) is 0 Å². The van der Waals surface area contributed by atoms with E-state index in [1.54, 1.807) is 0 Å². The van der Waals surface area contributed by atoms with Crippen molar-refractivity contribution >= 4 is 5.91 Å². The van der Waals surface area contributed by atoms with Crippen LogP contribution in [0.4, 0.5) is 13.2 Å². The van der Waals surface area contributed by atoms with Gasteiger partial charge in [-0.1, -0.05) is 6.42 Å². The van der Waals surface area contributed by atoms with Crippen molar-refractivity contribution in [2.45, 2.75) is 37.9 Å². The summed E-state index contributed by atoms with van der Waals surface area (Å²) in [6.45, 7) is 0. The Morgan fingerprint density at radius 2 is 2.17 bits per heavy atom. The first-order valence-electron chi connectivity index (χ1n) is 5.58. The topological polar surface area (TPSA) is 83.6 Å². The summed E-state index contributed by atoms with van der Waals surface area (Å²) in [6.07, 6.45) is -3.18. The molecule has 1 aromatic heterocycles. The van der Waals surface area contributed by atoms with Gasteiger partial charge in [-0.25, -0.2) is 0 Å². The molecular weight excluding hydrogens is 251 g/mol. The highest BCUT2D eigenvalue weighted by Gasteiger charge is 2.42. The minimum atomic E-state index is -4.20. The van der Waals surface area contributed by atoms with Crippen molar-refractivity contribution in [3.63, 3.8) is 0 Å². The maximum Gasteiger partial charge on any atom is 0.391 e. The third-order valence-electron chi connectivity index (χ3n) is 3.02. The van der Waals surface area contributed by atoms with Gasteiger partial charge >= 0.3 is 6.18 Å². The van der Waals surface area contributed by atoms with E-state index in [0.717, 1.165) is 0 Å². The van der Waals surface area contributed by atoms with Gasteiger partial charge in [-0.15, -0.1) is 10.2 Å². The molecule has 0 aliphatic heterocycles. The molecule has 2 unspecified atom stereocenters. The molecule has 0 saturated heterocycles. The first-order valence-corrected chi connectivity index (χ1v) is 5.58. The smallest absolute Gasteiger partial charge is 0.346 e. The first-order chi connectivity index (χ1) is 8.47. The Morgan fingerprint density at radius 1 is 1.39 bits per heavy atom. The van der Waals surface area contributed by atoms with Crippen LogP contribution >= 0.6 is 0 Å². The summed E-state index contributed by atoms with van der Waals surface area (Å²) < 4.78 is 37.7. The molecule has 0 bridgehead atoms. The lowest BCUT2D eigenvalue weighted by atomic mass is 9.85. The van der Waals surface area contributed by atoms with Crippen LogP contribution in [0.25, 0.3) is 0 Å². The van der Waals surface area contributed by atoms with Gasteiger partial charge in [-0.05, 0) is 24.5 Å². The average Bonchev–Trinajstić information content (AvgIpc) is 2.81. The van der Waals surface area contributed by atoms with Crippen molar-refractivity contribution in [3.8, 4) is 0 Å². The van der Waals surface area contributed by atoms with Crippen LogP contribution in [0.3, 0.4) is 0 Å². The lowest BCUT2D eigenvalue weighted by Crippen LogP contribution is -2.41. The third kappa shape index (κ3) is 2.96. The van der Waals surface area contributed by atoms with E-state index in [-0.39, 0.29) is 18.7 Å². The molecule has 18 heavy (non-hydrogen) atoms. The second-order valence-corrected chi connectivity index (χ2v) is 4.31. The van der Waals surface area contributed by atoms with Crippen LogP contribution in [0.5, 0.6) is 0 Å². The van der Waals surface area contributed by atoms with E-state index in [4.69, 9.17) is 0 Å². The van der Waals surface area contributed by atoms with Gasteiger partial charge in [0.05, 0.1) is 5.92 Å². The second kappa shape index (κ2) is 4.91. The highest BCUT2D eigenvalue weighted by Crippen LogP contribution is 2.37. The van der Waals surface area contributed by atoms with Crippen LogP contribution in [0.2, 0.25) is 0 Å². The molecule has 100 valence electrons. The molecule has 2 atom stereocenters. The zero-order valence-corrected chi connectivity index (χ0v) is 9.37. The maximum atomic E-state index is 12.6. The van der Waals surface area contributed by atoms with Crippen molar-refractivity contribution in [1.82, 2.24) is 25.9 Å². The molecule has 9 heteroatoms. The number of aromatic nitrogens is 4. The van der Waals surface area contributed by atoms with Crippen molar-refractivity contribution in [3.05, 3.63) is 5.82 Å². The zero-order chi connectivity index (χ0) is 13.2. The predicted octanol–water partition coefficient (Wildman–Crippen LogP) is 1.05. The quantitative estimate of drug-likeness (QED) is 0.835. The van der Waals surface area contributed by atoms with Gasteiger partial charge in [0.2, 0.25) is 0 Å². The van der Waals surface area contributed by atoms with Crippen LogP contribution < -0.4 is 5.32 Å². The molecule has 1 fully saturated rings. The van der Waals surface area contributed by atoms with E-state index < -0.39 is 24.0 Å². The molecule has 1 amide bonds. The Bertz CT molecular complexity index is 405. The highest BCUT2D eigenvalue weighted by atomic mass is 19.4.